The zero-order valence-electron chi connectivity index (χ0n) is 22.1. The molecule has 40 heavy (non-hydrogen) atoms. The smallest absolute Gasteiger partial charge is 0.408 e. The molecule has 0 aliphatic carbocycles. The van der Waals surface area contributed by atoms with Gasteiger partial charge in [-0.05, 0) is 22.3 Å². The van der Waals surface area contributed by atoms with E-state index in [0.29, 0.717) is 0 Å². The second kappa shape index (κ2) is 14.9. The van der Waals surface area contributed by atoms with Crippen molar-refractivity contribution in [3.05, 3.63) is 144 Å². The Bertz CT molecular complexity index is 1350. The van der Waals surface area contributed by atoms with Gasteiger partial charge < -0.3 is 20.1 Å². The highest BCUT2D eigenvalue weighted by Crippen LogP contribution is 2.10. The van der Waals surface area contributed by atoms with Crippen molar-refractivity contribution in [2.24, 2.45) is 0 Å². The van der Waals surface area contributed by atoms with E-state index in [4.69, 9.17) is 9.47 Å². The fraction of sp³-hybridized carbons (Fsp3) is 0.182. The van der Waals surface area contributed by atoms with E-state index in [1.54, 1.807) is 0 Å². The summed E-state index contributed by atoms with van der Waals surface area (Å²) in [6.07, 6.45) is -0.285. The summed E-state index contributed by atoms with van der Waals surface area (Å²) < 4.78 is 10.9. The van der Waals surface area contributed by atoms with Crippen molar-refractivity contribution < 1.29 is 23.9 Å². The molecular formula is C33H32N2O5. The summed E-state index contributed by atoms with van der Waals surface area (Å²) in [7, 11) is 0. The Balaban J connectivity index is 1.46. The van der Waals surface area contributed by atoms with Gasteiger partial charge in [0, 0.05) is 12.8 Å². The first-order valence-electron chi connectivity index (χ1n) is 13.1. The summed E-state index contributed by atoms with van der Waals surface area (Å²) in [5, 5.41) is 5.49. The molecule has 2 amide bonds. The van der Waals surface area contributed by atoms with Gasteiger partial charge >= 0.3 is 12.1 Å². The van der Waals surface area contributed by atoms with E-state index >= 15 is 0 Å². The minimum atomic E-state index is -0.981. The molecule has 0 aromatic heterocycles. The number of ether oxygens (including phenoxy) is 2. The number of alkyl carbamates (subject to hydrolysis) is 1. The van der Waals surface area contributed by atoms with Crippen LogP contribution < -0.4 is 10.6 Å². The zero-order chi connectivity index (χ0) is 28.0. The highest BCUT2D eigenvalue weighted by atomic mass is 16.5. The van der Waals surface area contributed by atoms with Crippen LogP contribution >= 0.6 is 0 Å². The molecule has 4 aromatic rings. The van der Waals surface area contributed by atoms with Gasteiger partial charge in [0.25, 0.3) is 0 Å². The van der Waals surface area contributed by atoms with Gasteiger partial charge in [-0.25, -0.2) is 9.59 Å². The van der Waals surface area contributed by atoms with Gasteiger partial charge in [-0.2, -0.15) is 0 Å². The summed E-state index contributed by atoms with van der Waals surface area (Å²) in [5.41, 5.74) is 3.37. The van der Waals surface area contributed by atoms with Crippen molar-refractivity contribution in [3.8, 4) is 0 Å². The van der Waals surface area contributed by atoms with E-state index in [2.05, 4.69) is 10.6 Å². The van der Waals surface area contributed by atoms with E-state index in [-0.39, 0.29) is 26.1 Å². The van der Waals surface area contributed by atoms with Crippen LogP contribution in [0, 0.1) is 0 Å². The highest BCUT2D eigenvalue weighted by molar-refractivity contribution is 5.90. The summed E-state index contributed by atoms with van der Waals surface area (Å²) >= 11 is 0. The number of nitrogens with one attached hydrogen (secondary N) is 2. The monoisotopic (exact) mass is 536 g/mol. The Kier molecular flexibility index (Phi) is 10.5. The molecule has 2 atom stereocenters. The molecule has 204 valence electrons. The average molecular weight is 537 g/mol. The standard InChI is InChI=1S/C33H32N2O5/c36-31(29(21-25-13-5-1-6-14-25)35-33(38)40-24-28-19-11-4-12-20-28)34-30(22-26-15-7-2-8-16-26)32(37)39-23-27-17-9-3-10-18-27/h1-20,29-30H,21-24H2,(H,34,36)(H,35,38)/t29-,30-/m1/s1. The first-order chi connectivity index (χ1) is 19.6. The summed E-state index contributed by atoms with van der Waals surface area (Å²) in [6, 6.07) is 35.4. The average Bonchev–Trinajstić information content (AvgIpc) is 3.00. The lowest BCUT2D eigenvalue weighted by atomic mass is 10.0. The third-order valence-electron chi connectivity index (χ3n) is 6.21. The Labute approximate surface area is 234 Å². The van der Waals surface area contributed by atoms with Gasteiger partial charge in [-0.1, -0.05) is 121 Å². The van der Waals surface area contributed by atoms with Crippen LogP contribution in [0.4, 0.5) is 4.79 Å². The molecular weight excluding hydrogens is 504 g/mol. The van der Waals surface area contributed by atoms with E-state index in [9.17, 15) is 14.4 Å². The number of amides is 2. The van der Waals surface area contributed by atoms with Crippen LogP contribution in [0.5, 0.6) is 0 Å². The predicted molar refractivity (Wildman–Crippen MR) is 152 cm³/mol. The van der Waals surface area contributed by atoms with Gasteiger partial charge in [0.05, 0.1) is 0 Å². The normalized spacial score (nSPS) is 12.0. The lowest BCUT2D eigenvalue weighted by molar-refractivity contribution is -0.149. The molecule has 2 N–H and O–H groups in total. The zero-order valence-corrected chi connectivity index (χ0v) is 22.1. The fourth-order valence-electron chi connectivity index (χ4n) is 4.11. The molecule has 0 bridgehead atoms. The van der Waals surface area contributed by atoms with E-state index in [0.717, 1.165) is 22.3 Å². The second-order valence-electron chi connectivity index (χ2n) is 9.29. The summed E-state index contributed by atoms with van der Waals surface area (Å²) in [6.45, 7) is 0.146. The fourth-order valence-corrected chi connectivity index (χ4v) is 4.11. The molecule has 0 heterocycles. The summed E-state index contributed by atoms with van der Waals surface area (Å²) in [5.74, 6) is -1.08. The Morgan fingerprint density at radius 3 is 1.38 bits per heavy atom. The molecule has 4 aromatic carbocycles. The van der Waals surface area contributed by atoms with E-state index in [1.165, 1.54) is 0 Å². The van der Waals surface area contributed by atoms with Gasteiger partial charge in [-0.3, -0.25) is 4.79 Å². The highest BCUT2D eigenvalue weighted by Gasteiger charge is 2.28. The van der Waals surface area contributed by atoms with Crippen LogP contribution in [0.2, 0.25) is 0 Å². The van der Waals surface area contributed by atoms with Crippen molar-refractivity contribution in [2.75, 3.05) is 0 Å². The van der Waals surface area contributed by atoms with Crippen molar-refractivity contribution in [1.29, 1.82) is 0 Å². The van der Waals surface area contributed by atoms with Gasteiger partial charge in [0.2, 0.25) is 5.91 Å². The van der Waals surface area contributed by atoms with Crippen molar-refractivity contribution >= 4 is 18.0 Å². The first-order valence-corrected chi connectivity index (χ1v) is 13.1. The third-order valence-corrected chi connectivity index (χ3v) is 6.21. The van der Waals surface area contributed by atoms with Gasteiger partial charge in [0.15, 0.2) is 0 Å². The molecule has 0 radical (unpaired) electrons. The van der Waals surface area contributed by atoms with Crippen molar-refractivity contribution in [3.63, 3.8) is 0 Å². The van der Waals surface area contributed by atoms with E-state index in [1.807, 2.05) is 121 Å². The summed E-state index contributed by atoms with van der Waals surface area (Å²) in [4.78, 5) is 39.4. The SMILES string of the molecule is O=C(N[C@H](Cc1ccccc1)C(=O)N[C@H](Cc1ccccc1)C(=O)OCc1ccccc1)OCc1ccccc1. The van der Waals surface area contributed by atoms with Crippen LogP contribution in [-0.4, -0.2) is 30.1 Å². The number of benzene rings is 4. The minimum Gasteiger partial charge on any atom is -0.459 e. The van der Waals surface area contributed by atoms with Crippen LogP contribution in [0.25, 0.3) is 0 Å². The number of carbonyl (C=O) groups is 3. The Hall–Kier alpha value is -4.91. The molecule has 0 aliphatic heterocycles. The van der Waals surface area contributed by atoms with Gasteiger partial charge in [-0.15, -0.1) is 0 Å². The molecule has 0 spiro atoms. The molecule has 0 unspecified atom stereocenters. The Morgan fingerprint density at radius 1 is 0.500 bits per heavy atom. The van der Waals surface area contributed by atoms with Crippen molar-refractivity contribution in [1.82, 2.24) is 10.6 Å². The maximum Gasteiger partial charge on any atom is 0.408 e. The van der Waals surface area contributed by atoms with E-state index < -0.39 is 30.1 Å². The number of rotatable bonds is 12. The number of carbonyl (C=O) groups excluding carboxylic acids is 3. The molecule has 0 aliphatic rings. The molecule has 4 rings (SSSR count). The van der Waals surface area contributed by atoms with Crippen LogP contribution in [-0.2, 0) is 45.1 Å². The Morgan fingerprint density at radius 2 is 0.900 bits per heavy atom. The molecule has 7 heteroatoms. The van der Waals surface area contributed by atoms with Crippen LogP contribution in [0.3, 0.4) is 0 Å². The first kappa shape index (κ1) is 28.1. The quantitative estimate of drug-likeness (QED) is 0.249. The van der Waals surface area contributed by atoms with Crippen LogP contribution in [0.1, 0.15) is 22.3 Å². The van der Waals surface area contributed by atoms with Crippen LogP contribution in [0.15, 0.2) is 121 Å². The molecule has 0 saturated heterocycles. The number of hydrogen-bond acceptors (Lipinski definition) is 5. The third kappa shape index (κ3) is 9.13. The van der Waals surface area contributed by atoms with Crippen molar-refractivity contribution in [2.45, 2.75) is 38.1 Å². The van der Waals surface area contributed by atoms with Gasteiger partial charge in [0.1, 0.15) is 25.3 Å². The minimum absolute atomic E-state index is 0.0643. The maximum atomic E-state index is 13.5. The second-order valence-corrected chi connectivity index (χ2v) is 9.29. The predicted octanol–water partition coefficient (Wildman–Crippen LogP) is 5.00. The molecule has 0 fully saturated rings. The number of hydrogen-bond donors (Lipinski definition) is 2. The maximum absolute atomic E-state index is 13.5. The lowest BCUT2D eigenvalue weighted by Crippen LogP contribution is -2.53. The molecule has 0 saturated carbocycles. The molecule has 7 nitrogen and oxygen atoms in total. The lowest BCUT2D eigenvalue weighted by Gasteiger charge is -2.23. The largest absolute Gasteiger partial charge is 0.459 e. The topological polar surface area (TPSA) is 93.7 Å². The number of esters is 1.